The van der Waals surface area contributed by atoms with Crippen molar-refractivity contribution in [2.75, 3.05) is 11.9 Å². The van der Waals surface area contributed by atoms with Gasteiger partial charge in [-0.3, -0.25) is 10.1 Å². The summed E-state index contributed by atoms with van der Waals surface area (Å²) < 4.78 is 5.45. The molecule has 0 unspecified atom stereocenters. The van der Waals surface area contributed by atoms with Gasteiger partial charge in [-0.1, -0.05) is 32.9 Å². The molecule has 1 aromatic carbocycles. The first-order valence-corrected chi connectivity index (χ1v) is 7.26. The van der Waals surface area contributed by atoms with Crippen molar-refractivity contribution in [3.8, 4) is 5.75 Å². The molecule has 106 valence electrons. The van der Waals surface area contributed by atoms with Gasteiger partial charge in [-0.05, 0) is 23.1 Å². The van der Waals surface area contributed by atoms with E-state index in [2.05, 4.69) is 31.1 Å². The number of ether oxygens (including phenoxy) is 1. The van der Waals surface area contributed by atoms with Gasteiger partial charge in [0.1, 0.15) is 5.75 Å². The van der Waals surface area contributed by atoms with Crippen LogP contribution < -0.4 is 10.1 Å². The van der Waals surface area contributed by atoms with Crippen LogP contribution >= 0.6 is 11.3 Å². The van der Waals surface area contributed by atoms with Crippen molar-refractivity contribution in [2.45, 2.75) is 26.2 Å². The first-order chi connectivity index (χ1) is 9.45. The summed E-state index contributed by atoms with van der Waals surface area (Å²) in [5.74, 6) is 0.479. The molecule has 2 aromatic rings. The van der Waals surface area contributed by atoms with Crippen LogP contribution in [-0.2, 0) is 10.2 Å². The van der Waals surface area contributed by atoms with Gasteiger partial charge < -0.3 is 4.74 Å². The Morgan fingerprint density at radius 1 is 1.30 bits per heavy atom. The van der Waals surface area contributed by atoms with Crippen molar-refractivity contribution in [1.82, 2.24) is 4.98 Å². The van der Waals surface area contributed by atoms with Crippen LogP contribution in [0.25, 0.3) is 0 Å². The van der Waals surface area contributed by atoms with E-state index < -0.39 is 0 Å². The topological polar surface area (TPSA) is 51.2 Å². The van der Waals surface area contributed by atoms with E-state index in [-0.39, 0.29) is 17.9 Å². The maximum absolute atomic E-state index is 11.6. The predicted molar refractivity (Wildman–Crippen MR) is 81.4 cm³/mol. The minimum Gasteiger partial charge on any atom is -0.484 e. The Morgan fingerprint density at radius 2 is 2.00 bits per heavy atom. The summed E-state index contributed by atoms with van der Waals surface area (Å²) in [6, 6.07) is 7.82. The van der Waals surface area contributed by atoms with Crippen molar-refractivity contribution in [2.24, 2.45) is 0 Å². The molecule has 0 aliphatic carbocycles. The van der Waals surface area contributed by atoms with Gasteiger partial charge in [0, 0.05) is 11.6 Å². The van der Waals surface area contributed by atoms with E-state index in [0.717, 1.165) is 0 Å². The highest BCUT2D eigenvalue weighted by Crippen LogP contribution is 2.24. The molecule has 0 radical (unpaired) electrons. The first kappa shape index (κ1) is 14.5. The van der Waals surface area contributed by atoms with Crippen LogP contribution in [0.2, 0.25) is 0 Å². The zero-order valence-corrected chi connectivity index (χ0v) is 12.7. The zero-order valence-electron chi connectivity index (χ0n) is 11.8. The number of hydrogen-bond donors (Lipinski definition) is 1. The molecule has 1 N–H and O–H groups in total. The lowest BCUT2D eigenvalue weighted by molar-refractivity contribution is -0.118. The van der Waals surface area contributed by atoms with E-state index >= 15 is 0 Å². The lowest BCUT2D eigenvalue weighted by Gasteiger charge is -2.19. The Kier molecular flexibility index (Phi) is 4.39. The van der Waals surface area contributed by atoms with Crippen LogP contribution in [0, 0.1) is 0 Å². The highest BCUT2D eigenvalue weighted by molar-refractivity contribution is 7.13. The van der Waals surface area contributed by atoms with E-state index in [9.17, 15) is 4.79 Å². The lowest BCUT2D eigenvalue weighted by Crippen LogP contribution is -2.20. The summed E-state index contributed by atoms with van der Waals surface area (Å²) in [5.41, 5.74) is 1.35. The number of benzene rings is 1. The van der Waals surface area contributed by atoms with Crippen LogP contribution in [0.5, 0.6) is 5.75 Å². The Hall–Kier alpha value is -1.88. The number of nitrogens with zero attached hydrogens (tertiary/aromatic N) is 1. The van der Waals surface area contributed by atoms with Crippen LogP contribution in [-0.4, -0.2) is 17.5 Å². The van der Waals surface area contributed by atoms with E-state index in [1.807, 2.05) is 29.6 Å². The maximum atomic E-state index is 11.6. The second-order valence-electron chi connectivity index (χ2n) is 5.45. The Labute approximate surface area is 122 Å². The fraction of sp³-hybridized carbons (Fsp3) is 0.333. The van der Waals surface area contributed by atoms with Crippen molar-refractivity contribution in [3.63, 3.8) is 0 Å². The quantitative estimate of drug-likeness (QED) is 0.938. The van der Waals surface area contributed by atoms with Crippen molar-refractivity contribution < 1.29 is 9.53 Å². The average Bonchev–Trinajstić information content (AvgIpc) is 2.88. The summed E-state index contributed by atoms with van der Waals surface area (Å²) in [5, 5.41) is 5.06. The summed E-state index contributed by atoms with van der Waals surface area (Å²) in [7, 11) is 0. The van der Waals surface area contributed by atoms with Gasteiger partial charge in [-0.25, -0.2) is 4.98 Å². The third-order valence-corrected chi connectivity index (χ3v) is 3.46. The Morgan fingerprint density at radius 3 is 2.55 bits per heavy atom. The molecule has 1 aromatic heterocycles. The highest BCUT2D eigenvalue weighted by atomic mass is 32.1. The van der Waals surface area contributed by atoms with Gasteiger partial charge in [-0.15, -0.1) is 11.3 Å². The smallest absolute Gasteiger partial charge is 0.264 e. The predicted octanol–water partition coefficient (Wildman–Crippen LogP) is 3.46. The summed E-state index contributed by atoms with van der Waals surface area (Å²) in [6.45, 7) is 6.45. The van der Waals surface area contributed by atoms with Gasteiger partial charge >= 0.3 is 0 Å². The molecule has 0 atom stereocenters. The monoisotopic (exact) mass is 290 g/mol. The molecule has 0 saturated heterocycles. The minimum atomic E-state index is -0.208. The number of carbonyl (C=O) groups is 1. The molecule has 0 aliphatic rings. The Bertz CT molecular complexity index is 557. The highest BCUT2D eigenvalue weighted by Gasteiger charge is 2.13. The molecule has 0 fully saturated rings. The lowest BCUT2D eigenvalue weighted by atomic mass is 9.87. The molecular weight excluding hydrogens is 272 g/mol. The SMILES string of the molecule is CC(C)(C)c1ccc(OCC(=O)Nc2nccs2)cc1. The molecule has 20 heavy (non-hydrogen) atoms. The standard InChI is InChI=1S/C15H18N2O2S/c1-15(2,3)11-4-6-12(7-5-11)19-10-13(18)17-14-16-8-9-20-14/h4-9H,10H2,1-3H3,(H,16,17,18). The van der Waals surface area contributed by atoms with Crippen molar-refractivity contribution in [3.05, 3.63) is 41.4 Å². The van der Waals surface area contributed by atoms with E-state index in [1.54, 1.807) is 6.20 Å². The minimum absolute atomic E-state index is 0.0194. The van der Waals surface area contributed by atoms with E-state index in [0.29, 0.717) is 10.9 Å². The van der Waals surface area contributed by atoms with Crippen LogP contribution in [0.4, 0.5) is 5.13 Å². The number of nitrogens with one attached hydrogen (secondary N) is 1. The average molecular weight is 290 g/mol. The largest absolute Gasteiger partial charge is 0.484 e. The normalized spacial score (nSPS) is 11.2. The number of rotatable bonds is 4. The summed E-state index contributed by atoms with van der Waals surface area (Å²) in [4.78, 5) is 15.6. The van der Waals surface area contributed by atoms with Crippen LogP contribution in [0.15, 0.2) is 35.8 Å². The third kappa shape index (κ3) is 4.06. The van der Waals surface area contributed by atoms with Gasteiger partial charge in [0.25, 0.3) is 5.91 Å². The molecular formula is C15H18N2O2S. The number of amides is 1. The number of hydrogen-bond acceptors (Lipinski definition) is 4. The van der Waals surface area contributed by atoms with Gasteiger partial charge in [-0.2, -0.15) is 0 Å². The second kappa shape index (κ2) is 6.05. The molecule has 4 nitrogen and oxygen atoms in total. The molecule has 0 bridgehead atoms. The number of thiazole rings is 1. The first-order valence-electron chi connectivity index (χ1n) is 6.38. The molecule has 5 heteroatoms. The van der Waals surface area contributed by atoms with E-state index in [1.165, 1.54) is 16.9 Å². The fourth-order valence-corrected chi connectivity index (χ4v) is 2.19. The number of anilines is 1. The van der Waals surface area contributed by atoms with Crippen LogP contribution in [0.1, 0.15) is 26.3 Å². The maximum Gasteiger partial charge on any atom is 0.264 e. The molecule has 2 rings (SSSR count). The number of carbonyl (C=O) groups excluding carboxylic acids is 1. The summed E-state index contributed by atoms with van der Waals surface area (Å²) in [6.07, 6.45) is 1.65. The summed E-state index contributed by atoms with van der Waals surface area (Å²) >= 11 is 1.38. The number of aromatic nitrogens is 1. The van der Waals surface area contributed by atoms with Crippen molar-refractivity contribution >= 4 is 22.4 Å². The molecule has 0 saturated carbocycles. The second-order valence-corrected chi connectivity index (χ2v) is 6.34. The molecule has 0 aliphatic heterocycles. The van der Waals surface area contributed by atoms with E-state index in [4.69, 9.17) is 4.74 Å². The van der Waals surface area contributed by atoms with Crippen LogP contribution in [0.3, 0.4) is 0 Å². The Balaban J connectivity index is 1.86. The zero-order chi connectivity index (χ0) is 14.6. The van der Waals surface area contributed by atoms with Gasteiger partial charge in [0.2, 0.25) is 0 Å². The molecule has 0 spiro atoms. The van der Waals surface area contributed by atoms with Gasteiger partial charge in [0.15, 0.2) is 11.7 Å². The van der Waals surface area contributed by atoms with Crippen molar-refractivity contribution in [1.29, 1.82) is 0 Å². The fourth-order valence-electron chi connectivity index (χ4n) is 1.64. The molecule has 1 amide bonds. The third-order valence-electron chi connectivity index (χ3n) is 2.77. The molecule has 1 heterocycles. The van der Waals surface area contributed by atoms with Gasteiger partial charge in [0.05, 0.1) is 0 Å².